The zero-order chi connectivity index (χ0) is 22.6. The SMILES string of the molecule is CSCCC(Nc1ccc(S(=O)(=O)NC(C)C)cc1[N+](=O)[O-])c1nc2ccccc2[nH]1. The van der Waals surface area contributed by atoms with Crippen LogP contribution >= 0.6 is 11.8 Å². The van der Waals surface area contributed by atoms with Gasteiger partial charge in [-0.25, -0.2) is 18.1 Å². The van der Waals surface area contributed by atoms with Crippen molar-refractivity contribution in [3.8, 4) is 0 Å². The molecule has 2 aromatic carbocycles. The maximum Gasteiger partial charge on any atom is 0.293 e. The van der Waals surface area contributed by atoms with Gasteiger partial charge in [-0.05, 0) is 56.5 Å². The van der Waals surface area contributed by atoms with Crippen molar-refractivity contribution in [2.24, 2.45) is 0 Å². The highest BCUT2D eigenvalue weighted by Gasteiger charge is 2.25. The number of hydrogen-bond acceptors (Lipinski definition) is 7. The summed E-state index contributed by atoms with van der Waals surface area (Å²) in [5, 5.41) is 14.9. The molecule has 1 unspecified atom stereocenters. The Labute approximate surface area is 185 Å². The van der Waals surface area contributed by atoms with E-state index in [0.29, 0.717) is 12.2 Å². The molecule has 3 rings (SSSR count). The number of benzene rings is 2. The Bertz CT molecular complexity index is 1140. The lowest BCUT2D eigenvalue weighted by atomic mass is 10.2. The quantitative estimate of drug-likeness (QED) is 0.305. The van der Waals surface area contributed by atoms with Gasteiger partial charge in [-0.1, -0.05) is 12.1 Å². The Kier molecular flexibility index (Phi) is 7.19. The first-order valence-electron chi connectivity index (χ1n) is 9.72. The van der Waals surface area contributed by atoms with Gasteiger partial charge in [-0.2, -0.15) is 11.8 Å². The molecule has 166 valence electrons. The summed E-state index contributed by atoms with van der Waals surface area (Å²) in [6, 6.07) is 10.9. The number of nitro benzene ring substituents is 1. The van der Waals surface area contributed by atoms with Crippen LogP contribution in [0.2, 0.25) is 0 Å². The van der Waals surface area contributed by atoms with Crippen LogP contribution < -0.4 is 10.0 Å². The van der Waals surface area contributed by atoms with E-state index in [9.17, 15) is 18.5 Å². The summed E-state index contributed by atoms with van der Waals surface area (Å²) in [6.45, 7) is 3.37. The molecule has 0 aliphatic carbocycles. The van der Waals surface area contributed by atoms with Crippen LogP contribution in [0.15, 0.2) is 47.4 Å². The van der Waals surface area contributed by atoms with Crippen molar-refractivity contribution < 1.29 is 13.3 Å². The number of thioether (sulfide) groups is 1. The molecule has 31 heavy (non-hydrogen) atoms. The predicted octanol–water partition coefficient (Wildman–Crippen LogP) is 4.06. The zero-order valence-corrected chi connectivity index (χ0v) is 19.1. The van der Waals surface area contributed by atoms with Gasteiger partial charge in [0, 0.05) is 12.1 Å². The van der Waals surface area contributed by atoms with E-state index in [1.54, 1.807) is 25.6 Å². The smallest absolute Gasteiger partial charge is 0.293 e. The molecule has 9 nitrogen and oxygen atoms in total. The van der Waals surface area contributed by atoms with E-state index in [2.05, 4.69) is 20.0 Å². The van der Waals surface area contributed by atoms with Crippen molar-refractivity contribution in [1.82, 2.24) is 14.7 Å². The number of anilines is 1. The minimum Gasteiger partial charge on any atom is -0.370 e. The number of imidazole rings is 1. The molecule has 0 spiro atoms. The largest absolute Gasteiger partial charge is 0.370 e. The molecule has 3 N–H and O–H groups in total. The number of fused-ring (bicyclic) bond motifs is 1. The molecular formula is C20H25N5O4S2. The van der Waals surface area contributed by atoms with E-state index in [-0.39, 0.29) is 28.4 Å². The van der Waals surface area contributed by atoms with Crippen LogP contribution in [0, 0.1) is 10.1 Å². The highest BCUT2D eigenvalue weighted by Crippen LogP contribution is 2.32. The van der Waals surface area contributed by atoms with Gasteiger partial charge < -0.3 is 10.3 Å². The summed E-state index contributed by atoms with van der Waals surface area (Å²) < 4.78 is 27.3. The molecule has 0 radical (unpaired) electrons. The average Bonchev–Trinajstić information content (AvgIpc) is 3.14. The van der Waals surface area contributed by atoms with Crippen molar-refractivity contribution in [2.45, 2.75) is 37.2 Å². The van der Waals surface area contributed by atoms with Crippen LogP contribution in [-0.2, 0) is 10.0 Å². The van der Waals surface area contributed by atoms with Crippen LogP contribution in [0.5, 0.6) is 0 Å². The lowest BCUT2D eigenvalue weighted by Gasteiger charge is -2.18. The minimum atomic E-state index is -3.85. The van der Waals surface area contributed by atoms with Gasteiger partial charge >= 0.3 is 0 Å². The van der Waals surface area contributed by atoms with E-state index in [0.717, 1.165) is 22.9 Å². The van der Waals surface area contributed by atoms with Gasteiger partial charge in [-0.15, -0.1) is 0 Å². The summed E-state index contributed by atoms with van der Waals surface area (Å²) in [5.41, 5.74) is 1.62. The second-order valence-corrected chi connectivity index (χ2v) is 10.0. The Hall–Kier alpha value is -2.63. The minimum absolute atomic E-state index is 0.150. The number of nitrogens with zero attached hydrogens (tertiary/aromatic N) is 2. The number of rotatable bonds is 10. The van der Waals surface area contributed by atoms with Gasteiger partial charge in [0.25, 0.3) is 5.69 Å². The van der Waals surface area contributed by atoms with Gasteiger partial charge in [-0.3, -0.25) is 10.1 Å². The van der Waals surface area contributed by atoms with Gasteiger partial charge in [0.05, 0.1) is 26.9 Å². The van der Waals surface area contributed by atoms with E-state index >= 15 is 0 Å². The molecule has 1 aromatic heterocycles. The van der Waals surface area contributed by atoms with Crippen LogP contribution in [0.3, 0.4) is 0 Å². The number of aromatic nitrogens is 2. The number of hydrogen-bond donors (Lipinski definition) is 3. The maximum atomic E-state index is 12.4. The number of sulfonamides is 1. The first kappa shape index (κ1) is 23.0. The predicted molar refractivity (Wildman–Crippen MR) is 124 cm³/mol. The summed E-state index contributed by atoms with van der Waals surface area (Å²) >= 11 is 1.66. The molecule has 0 aliphatic heterocycles. The Morgan fingerprint density at radius 1 is 1.23 bits per heavy atom. The first-order chi connectivity index (χ1) is 14.7. The molecule has 0 saturated heterocycles. The first-order valence-corrected chi connectivity index (χ1v) is 12.6. The Balaban J connectivity index is 1.97. The van der Waals surface area contributed by atoms with Crippen LogP contribution in [0.1, 0.15) is 32.1 Å². The summed E-state index contributed by atoms with van der Waals surface area (Å²) in [5.74, 6) is 1.48. The van der Waals surface area contributed by atoms with Crippen LogP contribution in [0.25, 0.3) is 11.0 Å². The summed E-state index contributed by atoms with van der Waals surface area (Å²) in [7, 11) is -3.85. The lowest BCUT2D eigenvalue weighted by Crippen LogP contribution is -2.30. The zero-order valence-electron chi connectivity index (χ0n) is 17.5. The fraction of sp³-hybridized carbons (Fsp3) is 0.350. The monoisotopic (exact) mass is 463 g/mol. The average molecular weight is 464 g/mol. The number of nitro groups is 1. The number of nitrogens with one attached hydrogen (secondary N) is 3. The number of para-hydroxylation sites is 2. The third kappa shape index (κ3) is 5.54. The molecule has 1 heterocycles. The summed E-state index contributed by atoms with van der Waals surface area (Å²) in [4.78, 5) is 18.9. The topological polar surface area (TPSA) is 130 Å². The third-order valence-corrected chi connectivity index (χ3v) is 6.85. The maximum absolute atomic E-state index is 12.4. The summed E-state index contributed by atoms with van der Waals surface area (Å²) in [6.07, 6.45) is 2.66. The molecule has 0 fully saturated rings. The highest BCUT2D eigenvalue weighted by molar-refractivity contribution is 7.98. The number of H-pyrrole nitrogens is 1. The standard InChI is InChI=1S/C20H25N5O4S2/c1-13(2)24-31(28,29)14-8-9-17(19(12-14)25(26)27)21-18(10-11-30-3)20-22-15-6-4-5-7-16(15)23-20/h4-9,12-13,18,21,24H,10-11H2,1-3H3,(H,22,23). The van der Waals surface area contributed by atoms with Crippen molar-refractivity contribution >= 4 is 44.2 Å². The van der Waals surface area contributed by atoms with Crippen molar-refractivity contribution in [3.05, 3.63) is 58.4 Å². The van der Waals surface area contributed by atoms with E-state index in [1.165, 1.54) is 12.1 Å². The van der Waals surface area contributed by atoms with Gasteiger partial charge in [0.1, 0.15) is 11.5 Å². The van der Waals surface area contributed by atoms with Crippen LogP contribution in [0.4, 0.5) is 11.4 Å². The van der Waals surface area contributed by atoms with Gasteiger partial charge in [0.2, 0.25) is 10.0 Å². The molecule has 11 heteroatoms. The molecule has 0 bridgehead atoms. The second kappa shape index (κ2) is 9.67. The van der Waals surface area contributed by atoms with E-state index in [1.807, 2.05) is 30.5 Å². The van der Waals surface area contributed by atoms with E-state index < -0.39 is 14.9 Å². The molecule has 3 aromatic rings. The van der Waals surface area contributed by atoms with Gasteiger partial charge in [0.15, 0.2) is 0 Å². The van der Waals surface area contributed by atoms with Crippen molar-refractivity contribution in [1.29, 1.82) is 0 Å². The second-order valence-electron chi connectivity index (χ2n) is 7.33. The lowest BCUT2D eigenvalue weighted by molar-refractivity contribution is -0.384. The molecule has 0 aliphatic rings. The fourth-order valence-corrected chi connectivity index (χ4v) is 4.91. The molecule has 1 atom stereocenters. The Morgan fingerprint density at radius 3 is 2.61 bits per heavy atom. The van der Waals surface area contributed by atoms with E-state index in [4.69, 9.17) is 0 Å². The van der Waals surface area contributed by atoms with Crippen molar-refractivity contribution in [2.75, 3.05) is 17.3 Å². The molecular weight excluding hydrogens is 438 g/mol. The fourth-order valence-electron chi connectivity index (χ4n) is 3.17. The highest BCUT2D eigenvalue weighted by atomic mass is 32.2. The third-order valence-electron chi connectivity index (χ3n) is 4.55. The van der Waals surface area contributed by atoms with Crippen LogP contribution in [-0.4, -0.2) is 41.4 Å². The molecule has 0 amide bonds. The Morgan fingerprint density at radius 2 is 1.97 bits per heavy atom. The molecule has 0 saturated carbocycles. The number of aromatic amines is 1. The van der Waals surface area contributed by atoms with Crippen molar-refractivity contribution in [3.63, 3.8) is 0 Å². The normalized spacial score (nSPS) is 12.9.